The highest BCUT2D eigenvalue weighted by atomic mass is 16.5. The van der Waals surface area contributed by atoms with Crippen LogP contribution in [0.1, 0.15) is 18.1 Å². The molecule has 0 spiro atoms. The van der Waals surface area contributed by atoms with E-state index in [1.807, 2.05) is 30.3 Å². The lowest BCUT2D eigenvalue weighted by Crippen LogP contribution is -2.28. The molecule has 0 amide bonds. The largest absolute Gasteiger partial charge is 0.387 e. The average molecular weight is 254 g/mol. The molecule has 0 saturated carbocycles. The van der Waals surface area contributed by atoms with Crippen molar-refractivity contribution in [2.24, 2.45) is 5.41 Å². The lowest BCUT2D eigenvalue weighted by Gasteiger charge is -2.26. The van der Waals surface area contributed by atoms with E-state index < -0.39 is 11.5 Å². The highest BCUT2D eigenvalue weighted by molar-refractivity contribution is 5.82. The molecule has 4 nitrogen and oxygen atoms in total. The Morgan fingerprint density at radius 3 is 2.95 bits per heavy atom. The average Bonchev–Trinajstić information content (AvgIpc) is 2.96. The first-order chi connectivity index (χ1) is 9.27. The fraction of sp³-hybridized carbons (Fsp3) is 0.333. The zero-order valence-electron chi connectivity index (χ0n) is 10.4. The number of benzene rings is 1. The van der Waals surface area contributed by atoms with Gasteiger partial charge < -0.3 is 9.84 Å². The number of nitrogens with zero attached hydrogens (tertiary/aromatic N) is 2. The molecule has 4 heteroatoms. The predicted molar refractivity (Wildman–Crippen MR) is 70.2 cm³/mol. The fourth-order valence-corrected chi connectivity index (χ4v) is 2.59. The Morgan fingerprint density at radius 1 is 1.37 bits per heavy atom. The Kier molecular flexibility index (Phi) is 2.94. The molecule has 1 aromatic carbocycles. The minimum absolute atomic E-state index is 0.272. The summed E-state index contributed by atoms with van der Waals surface area (Å²) in [7, 11) is 0. The van der Waals surface area contributed by atoms with Gasteiger partial charge in [-0.25, -0.2) is 0 Å². The van der Waals surface area contributed by atoms with E-state index in [0.29, 0.717) is 18.6 Å². The topological polar surface area (TPSA) is 66.1 Å². The second-order valence-electron chi connectivity index (χ2n) is 4.90. The molecule has 1 N–H and O–H groups in total. The van der Waals surface area contributed by atoms with Gasteiger partial charge in [0.2, 0.25) is 0 Å². The molecular formula is C15H14N2O2. The second kappa shape index (κ2) is 4.61. The van der Waals surface area contributed by atoms with E-state index in [2.05, 4.69) is 11.1 Å². The van der Waals surface area contributed by atoms with E-state index >= 15 is 0 Å². The van der Waals surface area contributed by atoms with Crippen LogP contribution in [0.2, 0.25) is 0 Å². The van der Waals surface area contributed by atoms with Crippen molar-refractivity contribution < 1.29 is 9.84 Å². The first-order valence-electron chi connectivity index (χ1n) is 6.27. The summed E-state index contributed by atoms with van der Waals surface area (Å²) in [6, 6.07) is 11.7. The van der Waals surface area contributed by atoms with Crippen LogP contribution < -0.4 is 0 Å². The Balaban J connectivity index is 2.12. The van der Waals surface area contributed by atoms with E-state index in [1.54, 1.807) is 6.20 Å². The van der Waals surface area contributed by atoms with Gasteiger partial charge in [-0.05, 0) is 12.5 Å². The molecule has 0 radical (unpaired) electrons. The third kappa shape index (κ3) is 1.88. The van der Waals surface area contributed by atoms with Gasteiger partial charge in [0, 0.05) is 23.8 Å². The number of aliphatic hydroxyl groups is 1. The maximum absolute atomic E-state index is 10.6. The maximum Gasteiger partial charge on any atom is 0.113 e. The number of fused-ring (bicyclic) bond motifs is 1. The molecular weight excluding hydrogens is 240 g/mol. The highest BCUT2D eigenvalue weighted by Crippen LogP contribution is 2.42. The van der Waals surface area contributed by atoms with E-state index in [9.17, 15) is 10.4 Å². The van der Waals surface area contributed by atoms with Crippen LogP contribution in [-0.4, -0.2) is 23.3 Å². The van der Waals surface area contributed by atoms with E-state index in [4.69, 9.17) is 4.74 Å². The van der Waals surface area contributed by atoms with Crippen LogP contribution >= 0.6 is 0 Å². The Labute approximate surface area is 111 Å². The molecule has 0 bridgehead atoms. The quantitative estimate of drug-likeness (QED) is 0.892. The van der Waals surface area contributed by atoms with E-state index in [0.717, 1.165) is 10.9 Å². The van der Waals surface area contributed by atoms with Crippen LogP contribution in [0.3, 0.4) is 0 Å². The van der Waals surface area contributed by atoms with Gasteiger partial charge in [0.05, 0.1) is 18.2 Å². The van der Waals surface area contributed by atoms with Crippen LogP contribution in [0.15, 0.2) is 36.5 Å². The standard InChI is InChI=1S/C15H14N2O2/c16-9-15(6-8-19-10-15)14(18)12-5-1-3-11-4-2-7-17-13(11)12/h1-5,7,14,18H,6,8,10H2. The number of ether oxygens (including phenoxy) is 1. The number of pyridine rings is 1. The molecule has 3 rings (SSSR count). The van der Waals surface area contributed by atoms with Crippen molar-refractivity contribution in [3.63, 3.8) is 0 Å². The lowest BCUT2D eigenvalue weighted by atomic mass is 9.79. The second-order valence-corrected chi connectivity index (χ2v) is 4.90. The summed E-state index contributed by atoms with van der Waals surface area (Å²) in [5.41, 5.74) is 0.593. The number of rotatable bonds is 2. The van der Waals surface area contributed by atoms with Gasteiger partial charge in [0.15, 0.2) is 0 Å². The number of hydrogen-bond donors (Lipinski definition) is 1. The van der Waals surface area contributed by atoms with E-state index in [1.165, 1.54) is 0 Å². The van der Waals surface area contributed by atoms with E-state index in [-0.39, 0.29) is 6.61 Å². The summed E-state index contributed by atoms with van der Waals surface area (Å²) in [5.74, 6) is 0. The van der Waals surface area contributed by atoms with Crippen molar-refractivity contribution >= 4 is 10.9 Å². The molecule has 0 aliphatic carbocycles. The summed E-state index contributed by atoms with van der Waals surface area (Å²) in [6.45, 7) is 0.788. The zero-order chi connectivity index (χ0) is 13.3. The van der Waals surface area contributed by atoms with Crippen LogP contribution in [0.5, 0.6) is 0 Å². The normalized spacial score (nSPS) is 24.2. The summed E-state index contributed by atoms with van der Waals surface area (Å²) in [4.78, 5) is 4.33. The first-order valence-corrected chi connectivity index (χ1v) is 6.27. The van der Waals surface area contributed by atoms with Crippen molar-refractivity contribution in [2.75, 3.05) is 13.2 Å². The summed E-state index contributed by atoms with van der Waals surface area (Å²) in [6.07, 6.45) is 1.37. The molecule has 2 unspecified atom stereocenters. The zero-order valence-corrected chi connectivity index (χ0v) is 10.4. The van der Waals surface area contributed by atoms with Crippen molar-refractivity contribution in [1.82, 2.24) is 4.98 Å². The number of para-hydroxylation sites is 1. The molecule has 1 aliphatic rings. The van der Waals surface area contributed by atoms with Crippen LogP contribution in [0, 0.1) is 16.7 Å². The molecule has 1 aliphatic heterocycles. The smallest absolute Gasteiger partial charge is 0.113 e. The lowest BCUT2D eigenvalue weighted by molar-refractivity contribution is 0.0513. The third-order valence-electron chi connectivity index (χ3n) is 3.76. The van der Waals surface area contributed by atoms with Gasteiger partial charge in [-0.1, -0.05) is 24.3 Å². The molecule has 2 atom stereocenters. The number of nitriles is 1. The Morgan fingerprint density at radius 2 is 2.21 bits per heavy atom. The minimum Gasteiger partial charge on any atom is -0.387 e. The van der Waals surface area contributed by atoms with Crippen LogP contribution in [0.25, 0.3) is 10.9 Å². The molecule has 96 valence electrons. The Bertz CT molecular complexity index is 637. The van der Waals surface area contributed by atoms with Crippen molar-refractivity contribution in [2.45, 2.75) is 12.5 Å². The predicted octanol–water partition coefficient (Wildman–Crippen LogP) is 2.20. The molecule has 2 aromatic rings. The van der Waals surface area contributed by atoms with Crippen molar-refractivity contribution in [1.29, 1.82) is 5.26 Å². The molecule has 1 aromatic heterocycles. The maximum atomic E-state index is 10.6. The number of hydrogen-bond acceptors (Lipinski definition) is 4. The van der Waals surface area contributed by atoms with Crippen LogP contribution in [0.4, 0.5) is 0 Å². The monoisotopic (exact) mass is 254 g/mol. The fourth-order valence-electron chi connectivity index (χ4n) is 2.59. The minimum atomic E-state index is -0.876. The van der Waals surface area contributed by atoms with Crippen LogP contribution in [-0.2, 0) is 4.74 Å². The Hall–Kier alpha value is -1.96. The third-order valence-corrected chi connectivity index (χ3v) is 3.76. The van der Waals surface area contributed by atoms with Gasteiger partial charge in [-0.2, -0.15) is 5.26 Å². The van der Waals surface area contributed by atoms with Gasteiger partial charge >= 0.3 is 0 Å². The summed E-state index contributed by atoms with van der Waals surface area (Å²) in [5, 5.41) is 21.0. The summed E-state index contributed by atoms with van der Waals surface area (Å²) < 4.78 is 5.30. The first kappa shape index (κ1) is 12.1. The van der Waals surface area contributed by atoms with Gasteiger partial charge in [-0.3, -0.25) is 4.98 Å². The van der Waals surface area contributed by atoms with Gasteiger partial charge in [0.25, 0.3) is 0 Å². The van der Waals surface area contributed by atoms with Crippen molar-refractivity contribution in [3.8, 4) is 6.07 Å². The number of aliphatic hydroxyl groups excluding tert-OH is 1. The van der Waals surface area contributed by atoms with Gasteiger partial charge in [-0.15, -0.1) is 0 Å². The molecule has 2 heterocycles. The van der Waals surface area contributed by atoms with Gasteiger partial charge in [0.1, 0.15) is 11.5 Å². The highest BCUT2D eigenvalue weighted by Gasteiger charge is 2.43. The molecule has 1 saturated heterocycles. The molecule has 1 fully saturated rings. The number of aromatic nitrogens is 1. The van der Waals surface area contributed by atoms with Crippen molar-refractivity contribution in [3.05, 3.63) is 42.1 Å². The summed E-state index contributed by atoms with van der Waals surface area (Å²) >= 11 is 0. The SMILES string of the molecule is N#CC1(C(O)c2cccc3cccnc23)CCOC1. The molecule has 19 heavy (non-hydrogen) atoms.